The number of alkyl halides is 3. The lowest BCUT2D eigenvalue weighted by molar-refractivity contribution is -0.137. The summed E-state index contributed by atoms with van der Waals surface area (Å²) in [4.78, 5) is 26.6. The van der Waals surface area contributed by atoms with Crippen LogP contribution in [0, 0.1) is 5.92 Å². The van der Waals surface area contributed by atoms with Crippen LogP contribution in [0.1, 0.15) is 51.5 Å². The molecule has 186 valence electrons. The summed E-state index contributed by atoms with van der Waals surface area (Å²) in [5.41, 5.74) is -0.271. The van der Waals surface area contributed by atoms with Crippen molar-refractivity contribution in [2.45, 2.75) is 52.1 Å². The fourth-order valence-electron chi connectivity index (χ4n) is 3.49. The third-order valence-electron chi connectivity index (χ3n) is 5.45. The van der Waals surface area contributed by atoms with E-state index in [2.05, 4.69) is 17.6 Å². The summed E-state index contributed by atoms with van der Waals surface area (Å²) in [5, 5.41) is 6.07. The third-order valence-corrected chi connectivity index (χ3v) is 5.71. The maximum Gasteiger partial charge on any atom is 0.416 e. The Balaban J connectivity index is 2.10. The molecule has 0 bridgehead atoms. The fraction of sp³-hybridized carbons (Fsp3) is 0.440. The molecule has 0 aromatic heterocycles. The minimum atomic E-state index is -4.53. The maximum atomic E-state index is 13.2. The zero-order valence-electron chi connectivity index (χ0n) is 19.4. The summed E-state index contributed by atoms with van der Waals surface area (Å²) in [6.07, 6.45) is -0.612. The van der Waals surface area contributed by atoms with Crippen LogP contribution in [0.25, 0.3) is 0 Å². The molecule has 0 heterocycles. The summed E-state index contributed by atoms with van der Waals surface area (Å²) >= 11 is 5.87. The smallest absolute Gasteiger partial charge is 0.356 e. The topological polar surface area (TPSA) is 61.4 Å². The molecule has 2 aromatic rings. The van der Waals surface area contributed by atoms with Gasteiger partial charge < -0.3 is 10.6 Å². The predicted octanol–water partition coefficient (Wildman–Crippen LogP) is 7.12. The largest absolute Gasteiger partial charge is 0.416 e. The van der Waals surface area contributed by atoms with Gasteiger partial charge in [0.2, 0.25) is 5.91 Å². The standard InChI is InChI=1S/C25H31ClF3N3O2/c1-3-5-8-18(4-2)23(33)30-15-7-16-32(22-10-6-9-19(17-22)25(27,28)29)24(34)31-21-13-11-20(26)12-14-21/h6,9-14,17-18H,3-5,7-8,15-16H2,1-2H3,(H,30,33)(H,31,34). The highest BCUT2D eigenvalue weighted by atomic mass is 35.5. The van der Waals surface area contributed by atoms with Crippen LogP contribution >= 0.6 is 11.6 Å². The number of carbonyl (C=O) groups excluding carboxylic acids is 2. The monoisotopic (exact) mass is 497 g/mol. The van der Waals surface area contributed by atoms with Gasteiger partial charge in [-0.3, -0.25) is 9.69 Å². The van der Waals surface area contributed by atoms with Crippen molar-refractivity contribution in [1.82, 2.24) is 5.32 Å². The van der Waals surface area contributed by atoms with E-state index in [9.17, 15) is 22.8 Å². The van der Waals surface area contributed by atoms with Crippen molar-refractivity contribution in [1.29, 1.82) is 0 Å². The van der Waals surface area contributed by atoms with Crippen LogP contribution in [0.15, 0.2) is 48.5 Å². The molecule has 5 nitrogen and oxygen atoms in total. The Labute approximate surface area is 203 Å². The minimum Gasteiger partial charge on any atom is -0.356 e. The zero-order chi connectivity index (χ0) is 25.1. The highest BCUT2D eigenvalue weighted by Gasteiger charge is 2.31. The fourth-order valence-corrected chi connectivity index (χ4v) is 3.61. The molecule has 2 rings (SSSR count). The lowest BCUT2D eigenvalue weighted by Crippen LogP contribution is -2.38. The average molecular weight is 498 g/mol. The van der Waals surface area contributed by atoms with Gasteiger partial charge >= 0.3 is 12.2 Å². The van der Waals surface area contributed by atoms with E-state index in [-0.39, 0.29) is 24.1 Å². The van der Waals surface area contributed by atoms with Gasteiger partial charge in [-0.2, -0.15) is 13.2 Å². The van der Waals surface area contributed by atoms with Crippen LogP contribution < -0.4 is 15.5 Å². The third kappa shape index (κ3) is 8.56. The van der Waals surface area contributed by atoms with Gasteiger partial charge in [-0.15, -0.1) is 0 Å². The number of benzene rings is 2. The van der Waals surface area contributed by atoms with Crippen LogP contribution in [0.3, 0.4) is 0 Å². The number of rotatable bonds is 11. The van der Waals surface area contributed by atoms with E-state index in [1.807, 2.05) is 6.92 Å². The van der Waals surface area contributed by atoms with Gasteiger partial charge in [0.15, 0.2) is 0 Å². The van der Waals surface area contributed by atoms with Gasteiger partial charge in [0, 0.05) is 35.4 Å². The zero-order valence-corrected chi connectivity index (χ0v) is 20.2. The van der Waals surface area contributed by atoms with Crippen LogP contribution in [-0.4, -0.2) is 25.0 Å². The van der Waals surface area contributed by atoms with E-state index in [0.29, 0.717) is 23.7 Å². The minimum absolute atomic E-state index is 0.0350. The first-order valence-electron chi connectivity index (χ1n) is 11.4. The molecule has 2 N–H and O–H groups in total. The molecule has 0 aliphatic rings. The molecule has 0 aliphatic carbocycles. The van der Waals surface area contributed by atoms with E-state index in [1.54, 1.807) is 24.3 Å². The molecule has 0 radical (unpaired) electrons. The molecule has 0 saturated heterocycles. The lowest BCUT2D eigenvalue weighted by Gasteiger charge is -2.24. The van der Waals surface area contributed by atoms with E-state index >= 15 is 0 Å². The molecule has 1 atom stereocenters. The van der Waals surface area contributed by atoms with Crippen molar-refractivity contribution in [2.24, 2.45) is 5.92 Å². The molecule has 2 aromatic carbocycles. The van der Waals surface area contributed by atoms with Gasteiger partial charge in [-0.1, -0.05) is 44.4 Å². The molecular weight excluding hydrogens is 467 g/mol. The lowest BCUT2D eigenvalue weighted by atomic mass is 9.98. The molecule has 9 heteroatoms. The summed E-state index contributed by atoms with van der Waals surface area (Å²) in [5.74, 6) is -0.0973. The van der Waals surface area contributed by atoms with Crippen LogP contribution in [0.5, 0.6) is 0 Å². The van der Waals surface area contributed by atoms with Crippen molar-refractivity contribution >= 4 is 34.9 Å². The summed E-state index contributed by atoms with van der Waals surface area (Å²) in [7, 11) is 0. The number of unbranched alkanes of at least 4 members (excludes halogenated alkanes) is 1. The van der Waals surface area contributed by atoms with E-state index < -0.39 is 17.8 Å². The maximum absolute atomic E-state index is 13.2. The van der Waals surface area contributed by atoms with Gasteiger partial charge in [0.25, 0.3) is 0 Å². The molecular formula is C25H31ClF3N3O2. The van der Waals surface area contributed by atoms with Crippen LogP contribution in [-0.2, 0) is 11.0 Å². The first-order valence-corrected chi connectivity index (χ1v) is 11.8. The predicted molar refractivity (Wildman–Crippen MR) is 130 cm³/mol. The Morgan fingerprint density at radius 1 is 1.06 bits per heavy atom. The molecule has 0 spiro atoms. The summed E-state index contributed by atoms with van der Waals surface area (Å²) < 4.78 is 39.7. The molecule has 34 heavy (non-hydrogen) atoms. The quantitative estimate of drug-likeness (QED) is 0.325. The Hall–Kier alpha value is -2.74. The number of nitrogens with one attached hydrogen (secondary N) is 2. The highest BCUT2D eigenvalue weighted by molar-refractivity contribution is 6.30. The Kier molecular flexibility index (Phi) is 10.7. The Morgan fingerprint density at radius 3 is 2.38 bits per heavy atom. The second-order valence-corrected chi connectivity index (χ2v) is 8.47. The normalized spacial score (nSPS) is 12.2. The van der Waals surface area contributed by atoms with Crippen molar-refractivity contribution < 1.29 is 22.8 Å². The number of halogens is 4. The van der Waals surface area contributed by atoms with E-state index in [4.69, 9.17) is 11.6 Å². The number of carbonyl (C=O) groups is 2. The first kappa shape index (κ1) is 27.5. The van der Waals surface area contributed by atoms with Gasteiger partial charge in [0.1, 0.15) is 0 Å². The Bertz CT molecular complexity index is 936. The molecule has 0 aliphatic heterocycles. The van der Waals surface area contributed by atoms with E-state index in [1.165, 1.54) is 17.0 Å². The van der Waals surface area contributed by atoms with Crippen molar-refractivity contribution in [3.63, 3.8) is 0 Å². The van der Waals surface area contributed by atoms with Gasteiger partial charge in [-0.25, -0.2) is 4.79 Å². The second kappa shape index (κ2) is 13.2. The first-order chi connectivity index (χ1) is 16.2. The van der Waals surface area contributed by atoms with Crippen LogP contribution in [0.2, 0.25) is 5.02 Å². The van der Waals surface area contributed by atoms with Crippen LogP contribution in [0.4, 0.5) is 29.3 Å². The molecule has 0 fully saturated rings. The van der Waals surface area contributed by atoms with E-state index in [0.717, 1.165) is 37.8 Å². The van der Waals surface area contributed by atoms with Crippen molar-refractivity contribution in [2.75, 3.05) is 23.3 Å². The number of urea groups is 1. The number of hydrogen-bond donors (Lipinski definition) is 2. The number of anilines is 2. The van der Waals surface area contributed by atoms with Crippen molar-refractivity contribution in [3.05, 3.63) is 59.1 Å². The molecule has 0 saturated carbocycles. The van der Waals surface area contributed by atoms with Gasteiger partial charge in [0.05, 0.1) is 5.56 Å². The summed E-state index contributed by atoms with van der Waals surface area (Å²) in [6.45, 7) is 4.47. The van der Waals surface area contributed by atoms with Gasteiger partial charge in [-0.05, 0) is 61.7 Å². The average Bonchev–Trinajstić information content (AvgIpc) is 2.80. The Morgan fingerprint density at radius 2 is 1.76 bits per heavy atom. The number of nitrogens with zero attached hydrogens (tertiary/aromatic N) is 1. The number of hydrogen-bond acceptors (Lipinski definition) is 2. The second-order valence-electron chi connectivity index (χ2n) is 8.03. The molecule has 1 unspecified atom stereocenters. The number of amides is 3. The highest BCUT2D eigenvalue weighted by Crippen LogP contribution is 2.32. The SMILES string of the molecule is CCCCC(CC)C(=O)NCCCN(C(=O)Nc1ccc(Cl)cc1)c1cccc(C(F)(F)F)c1. The molecule has 3 amide bonds. The van der Waals surface area contributed by atoms with Crippen molar-refractivity contribution in [3.8, 4) is 0 Å². The summed E-state index contributed by atoms with van der Waals surface area (Å²) in [6, 6.07) is 10.4.